The van der Waals surface area contributed by atoms with Crippen LogP contribution in [0.3, 0.4) is 0 Å². The van der Waals surface area contributed by atoms with Crippen LogP contribution in [0, 0.1) is 0 Å². The Morgan fingerprint density at radius 1 is 1.26 bits per heavy atom. The molecule has 1 aromatic carbocycles. The average molecular weight is 353 g/mol. The van der Waals surface area contributed by atoms with Gasteiger partial charge >= 0.3 is 21.5 Å². The van der Waals surface area contributed by atoms with Gasteiger partial charge in [-0.15, -0.1) is 0 Å². The predicted molar refractivity (Wildman–Crippen MR) is 68.9 cm³/mol. The summed E-state index contributed by atoms with van der Waals surface area (Å²) in [6.07, 6.45) is -0.245. The van der Waals surface area contributed by atoms with Crippen molar-refractivity contribution >= 4 is 21.9 Å². The minimum atomic E-state index is -5.87. The van der Waals surface area contributed by atoms with Gasteiger partial charge in [-0.25, -0.2) is 9.52 Å². The molecule has 1 atom stereocenters. The highest BCUT2D eigenvalue weighted by molar-refractivity contribution is 7.90. The van der Waals surface area contributed by atoms with Crippen molar-refractivity contribution in [1.82, 2.24) is 4.72 Å². The molecule has 23 heavy (non-hydrogen) atoms. The quantitative estimate of drug-likeness (QED) is 0.621. The second-order valence-electron chi connectivity index (χ2n) is 4.48. The lowest BCUT2D eigenvalue weighted by molar-refractivity contribution is -0.0446. The zero-order chi connectivity index (χ0) is 17.3. The molecule has 0 saturated carbocycles. The molecular formula is C12H10F3NO6S. The summed E-state index contributed by atoms with van der Waals surface area (Å²) in [5, 5.41) is 0. The van der Waals surface area contributed by atoms with Crippen molar-refractivity contribution in [3.63, 3.8) is 0 Å². The molecule has 1 aliphatic rings. The predicted octanol–water partition coefficient (Wildman–Crippen LogP) is 0.822. The number of halogens is 3. The Kier molecular flexibility index (Phi) is 4.61. The Hall–Kier alpha value is -2.14. The summed E-state index contributed by atoms with van der Waals surface area (Å²) in [6, 6.07) is 4.74. The highest BCUT2D eigenvalue weighted by atomic mass is 32.2. The van der Waals surface area contributed by atoms with Crippen molar-refractivity contribution in [2.24, 2.45) is 0 Å². The van der Waals surface area contributed by atoms with Crippen LogP contribution < -0.4 is 4.72 Å². The SMILES string of the molecule is O=C(NS(=O)(=O)C(F)(F)F)c1ccccc1C(=O)OCC1CO1. The summed E-state index contributed by atoms with van der Waals surface area (Å²) in [5.74, 6) is -2.56. The number of hydrogen-bond acceptors (Lipinski definition) is 6. The number of amides is 1. The van der Waals surface area contributed by atoms with E-state index in [4.69, 9.17) is 9.47 Å². The van der Waals surface area contributed by atoms with E-state index >= 15 is 0 Å². The standard InChI is InChI=1S/C12H10F3NO6S/c13-12(14,15)23(19,20)16-10(17)8-3-1-2-4-9(8)11(18)22-6-7-5-21-7/h1-4,7H,5-6H2,(H,16,17). The van der Waals surface area contributed by atoms with Crippen LogP contribution in [0.25, 0.3) is 0 Å². The Bertz CT molecular complexity index is 727. The second kappa shape index (κ2) is 6.16. The summed E-state index contributed by atoms with van der Waals surface area (Å²) in [4.78, 5) is 23.6. The van der Waals surface area contributed by atoms with Crippen LogP contribution in [-0.2, 0) is 19.5 Å². The molecule has 1 saturated heterocycles. The molecule has 1 aromatic rings. The van der Waals surface area contributed by atoms with Gasteiger partial charge in [0.1, 0.15) is 12.7 Å². The zero-order valence-electron chi connectivity index (χ0n) is 11.3. The van der Waals surface area contributed by atoms with Gasteiger partial charge in [0.2, 0.25) is 0 Å². The fourth-order valence-corrected chi connectivity index (χ4v) is 1.97. The van der Waals surface area contributed by atoms with Crippen molar-refractivity contribution in [3.05, 3.63) is 35.4 Å². The van der Waals surface area contributed by atoms with Crippen LogP contribution in [0.15, 0.2) is 24.3 Å². The van der Waals surface area contributed by atoms with Crippen LogP contribution in [-0.4, -0.2) is 45.1 Å². The number of rotatable bonds is 5. The normalized spacial score (nSPS) is 17.4. The first-order valence-corrected chi connectivity index (χ1v) is 7.61. The molecule has 0 aromatic heterocycles. The number of nitrogens with one attached hydrogen (secondary N) is 1. The Morgan fingerprint density at radius 3 is 2.35 bits per heavy atom. The summed E-state index contributed by atoms with van der Waals surface area (Å²) < 4.78 is 69.2. The number of sulfonamides is 1. The maximum absolute atomic E-state index is 12.3. The number of alkyl halides is 3. The third-order valence-electron chi connectivity index (χ3n) is 2.73. The third-order valence-corrected chi connectivity index (χ3v) is 3.79. The van der Waals surface area contributed by atoms with Crippen LogP contribution in [0.5, 0.6) is 0 Å². The molecule has 0 radical (unpaired) electrons. The number of carbonyl (C=O) groups is 2. The first-order chi connectivity index (χ1) is 10.6. The molecule has 1 unspecified atom stereocenters. The van der Waals surface area contributed by atoms with Crippen LogP contribution in [0.4, 0.5) is 13.2 Å². The molecule has 1 amide bonds. The van der Waals surface area contributed by atoms with Gasteiger partial charge in [0.15, 0.2) is 0 Å². The molecule has 1 heterocycles. The van der Waals surface area contributed by atoms with Crippen molar-refractivity contribution in [1.29, 1.82) is 0 Å². The molecular weight excluding hydrogens is 343 g/mol. The largest absolute Gasteiger partial charge is 0.516 e. The molecule has 1 aliphatic heterocycles. The lowest BCUT2D eigenvalue weighted by Gasteiger charge is -2.11. The second-order valence-corrected chi connectivity index (χ2v) is 6.15. The van der Waals surface area contributed by atoms with E-state index in [9.17, 15) is 31.2 Å². The van der Waals surface area contributed by atoms with Crippen LogP contribution in [0.1, 0.15) is 20.7 Å². The number of hydrogen-bond donors (Lipinski definition) is 1. The molecule has 7 nitrogen and oxygen atoms in total. The summed E-state index contributed by atoms with van der Waals surface area (Å²) in [6.45, 7) is 0.342. The van der Waals surface area contributed by atoms with Crippen LogP contribution in [0.2, 0.25) is 0 Å². The first-order valence-electron chi connectivity index (χ1n) is 6.13. The van der Waals surface area contributed by atoms with Crippen LogP contribution >= 0.6 is 0 Å². The van der Waals surface area contributed by atoms with E-state index in [2.05, 4.69) is 0 Å². The van der Waals surface area contributed by atoms with Gasteiger partial charge < -0.3 is 9.47 Å². The van der Waals surface area contributed by atoms with Gasteiger partial charge in [0, 0.05) is 0 Å². The Labute approximate surface area is 128 Å². The smallest absolute Gasteiger partial charge is 0.459 e. The summed E-state index contributed by atoms with van der Waals surface area (Å²) in [5.41, 5.74) is -6.56. The summed E-state index contributed by atoms with van der Waals surface area (Å²) in [7, 11) is -5.87. The van der Waals surface area contributed by atoms with E-state index in [1.54, 1.807) is 0 Å². The minimum Gasteiger partial charge on any atom is -0.459 e. The number of esters is 1. The van der Waals surface area contributed by atoms with Crippen molar-refractivity contribution in [3.8, 4) is 0 Å². The molecule has 0 aliphatic carbocycles. The fourth-order valence-electron chi connectivity index (χ4n) is 1.50. The lowest BCUT2D eigenvalue weighted by Crippen LogP contribution is -2.40. The van der Waals surface area contributed by atoms with E-state index < -0.39 is 33.0 Å². The maximum atomic E-state index is 12.3. The molecule has 1 N–H and O–H groups in total. The monoisotopic (exact) mass is 353 g/mol. The molecule has 11 heteroatoms. The highest BCUT2D eigenvalue weighted by Gasteiger charge is 2.47. The molecule has 126 valence electrons. The lowest BCUT2D eigenvalue weighted by atomic mass is 10.1. The van der Waals surface area contributed by atoms with E-state index in [-0.39, 0.29) is 18.3 Å². The topological polar surface area (TPSA) is 102 Å². The average Bonchev–Trinajstić information content (AvgIpc) is 3.27. The van der Waals surface area contributed by atoms with Crippen molar-refractivity contribution < 1.29 is 40.7 Å². The highest BCUT2D eigenvalue weighted by Crippen LogP contribution is 2.22. The van der Waals surface area contributed by atoms with Gasteiger partial charge in [0.05, 0.1) is 17.7 Å². The van der Waals surface area contributed by atoms with Crippen molar-refractivity contribution in [2.75, 3.05) is 13.2 Å². The van der Waals surface area contributed by atoms with E-state index in [0.29, 0.717) is 6.61 Å². The number of ether oxygens (including phenoxy) is 2. The zero-order valence-corrected chi connectivity index (χ0v) is 12.1. The van der Waals surface area contributed by atoms with Gasteiger partial charge in [-0.2, -0.15) is 21.6 Å². The van der Waals surface area contributed by atoms with E-state index in [1.165, 1.54) is 12.1 Å². The molecule has 1 fully saturated rings. The fraction of sp³-hybridized carbons (Fsp3) is 0.333. The van der Waals surface area contributed by atoms with Gasteiger partial charge in [-0.05, 0) is 12.1 Å². The Balaban J connectivity index is 2.18. The minimum absolute atomic E-state index is 0.0738. The molecule has 2 rings (SSSR count). The maximum Gasteiger partial charge on any atom is 0.516 e. The van der Waals surface area contributed by atoms with Gasteiger partial charge in [-0.3, -0.25) is 4.79 Å². The molecule has 0 spiro atoms. The van der Waals surface area contributed by atoms with Gasteiger partial charge in [-0.1, -0.05) is 12.1 Å². The van der Waals surface area contributed by atoms with E-state index in [1.807, 2.05) is 0 Å². The number of epoxide rings is 1. The summed E-state index contributed by atoms with van der Waals surface area (Å²) >= 11 is 0. The van der Waals surface area contributed by atoms with Crippen molar-refractivity contribution in [2.45, 2.75) is 11.6 Å². The third kappa shape index (κ3) is 4.20. The Morgan fingerprint density at radius 2 is 1.83 bits per heavy atom. The molecule has 0 bridgehead atoms. The van der Waals surface area contributed by atoms with Gasteiger partial charge in [0.25, 0.3) is 5.91 Å². The number of carbonyl (C=O) groups excluding carboxylic acids is 2. The first kappa shape index (κ1) is 17.2. The number of benzene rings is 1. The van der Waals surface area contributed by atoms with E-state index in [0.717, 1.165) is 16.9 Å².